The van der Waals surface area contributed by atoms with Crippen LogP contribution in [0, 0.1) is 0 Å². The van der Waals surface area contributed by atoms with Crippen molar-refractivity contribution in [3.63, 3.8) is 0 Å². The summed E-state index contributed by atoms with van der Waals surface area (Å²) in [4.78, 5) is 11.7. The van der Waals surface area contributed by atoms with Crippen LogP contribution in [0.4, 0.5) is 0 Å². The number of carbonyl (C=O) groups is 1. The lowest BCUT2D eigenvalue weighted by atomic mass is 10.1. The number of thioether (sulfide) groups is 1. The Hall–Kier alpha value is -1.00. The van der Waals surface area contributed by atoms with Crippen LogP contribution in [-0.2, 0) is 11.2 Å². The van der Waals surface area contributed by atoms with Crippen LogP contribution in [0.1, 0.15) is 12.0 Å². The van der Waals surface area contributed by atoms with Crippen molar-refractivity contribution in [2.75, 3.05) is 24.6 Å². The first kappa shape index (κ1) is 13.4. The number of amides is 1. The molecule has 2 rings (SSSR count). The van der Waals surface area contributed by atoms with E-state index in [4.69, 9.17) is 0 Å². The predicted molar refractivity (Wildman–Crippen MR) is 76.9 cm³/mol. The van der Waals surface area contributed by atoms with Crippen molar-refractivity contribution >= 4 is 17.7 Å². The van der Waals surface area contributed by atoms with Crippen LogP contribution in [0.15, 0.2) is 30.3 Å². The van der Waals surface area contributed by atoms with Gasteiger partial charge in [0.25, 0.3) is 0 Å². The Morgan fingerprint density at radius 2 is 2.22 bits per heavy atom. The molecule has 1 aromatic rings. The van der Waals surface area contributed by atoms with Gasteiger partial charge < -0.3 is 10.6 Å². The third-order valence-electron chi connectivity index (χ3n) is 3.01. The molecule has 1 aromatic carbocycles. The van der Waals surface area contributed by atoms with Gasteiger partial charge in [0.1, 0.15) is 0 Å². The molecular weight excluding hydrogens is 244 g/mol. The van der Waals surface area contributed by atoms with E-state index in [0.717, 1.165) is 31.0 Å². The number of benzene rings is 1. The minimum absolute atomic E-state index is 0.158. The van der Waals surface area contributed by atoms with Gasteiger partial charge in [-0.15, -0.1) is 0 Å². The second kappa shape index (κ2) is 7.44. The van der Waals surface area contributed by atoms with E-state index >= 15 is 0 Å². The minimum Gasteiger partial charge on any atom is -0.356 e. The highest BCUT2D eigenvalue weighted by Crippen LogP contribution is 2.09. The zero-order valence-corrected chi connectivity index (χ0v) is 11.3. The highest BCUT2D eigenvalue weighted by Gasteiger charge is 2.16. The van der Waals surface area contributed by atoms with Crippen molar-refractivity contribution in [3.05, 3.63) is 35.9 Å². The fraction of sp³-hybridized carbons (Fsp3) is 0.500. The van der Waals surface area contributed by atoms with Crippen LogP contribution in [0.25, 0.3) is 0 Å². The lowest BCUT2D eigenvalue weighted by Crippen LogP contribution is -2.41. The SMILES string of the molecule is O=C(CC1CSCCN1)NCCc1ccccc1. The Balaban J connectivity index is 1.62. The molecule has 0 bridgehead atoms. The summed E-state index contributed by atoms with van der Waals surface area (Å²) in [5.41, 5.74) is 1.27. The molecule has 0 aromatic heterocycles. The van der Waals surface area contributed by atoms with Gasteiger partial charge in [0.15, 0.2) is 0 Å². The third-order valence-corrected chi connectivity index (χ3v) is 4.14. The van der Waals surface area contributed by atoms with Gasteiger partial charge in [-0.25, -0.2) is 0 Å². The van der Waals surface area contributed by atoms with Crippen LogP contribution < -0.4 is 10.6 Å². The fourth-order valence-corrected chi connectivity index (χ4v) is 2.99. The highest BCUT2D eigenvalue weighted by molar-refractivity contribution is 7.99. The first-order valence-electron chi connectivity index (χ1n) is 6.46. The van der Waals surface area contributed by atoms with Gasteiger partial charge >= 0.3 is 0 Å². The maximum Gasteiger partial charge on any atom is 0.221 e. The summed E-state index contributed by atoms with van der Waals surface area (Å²) in [6, 6.07) is 10.6. The summed E-state index contributed by atoms with van der Waals surface area (Å²) in [5.74, 6) is 2.36. The molecule has 1 unspecified atom stereocenters. The maximum absolute atomic E-state index is 11.7. The molecule has 1 aliphatic rings. The minimum atomic E-state index is 0.158. The zero-order valence-electron chi connectivity index (χ0n) is 10.5. The van der Waals surface area contributed by atoms with Gasteiger partial charge in [-0.1, -0.05) is 30.3 Å². The van der Waals surface area contributed by atoms with Gasteiger partial charge in [0.2, 0.25) is 5.91 Å². The molecule has 98 valence electrons. The number of rotatable bonds is 5. The van der Waals surface area contributed by atoms with E-state index in [9.17, 15) is 4.79 Å². The van der Waals surface area contributed by atoms with Crippen LogP contribution in [0.2, 0.25) is 0 Å². The topological polar surface area (TPSA) is 41.1 Å². The van der Waals surface area contributed by atoms with E-state index in [1.54, 1.807) is 0 Å². The summed E-state index contributed by atoms with van der Waals surface area (Å²) in [7, 11) is 0. The standard InChI is InChI=1S/C14H20N2OS/c17-14(10-13-11-18-9-8-15-13)16-7-6-12-4-2-1-3-5-12/h1-5,13,15H,6-11H2,(H,16,17). The summed E-state index contributed by atoms with van der Waals surface area (Å²) in [5, 5.41) is 6.37. The lowest BCUT2D eigenvalue weighted by Gasteiger charge is -2.22. The monoisotopic (exact) mass is 264 g/mol. The quantitative estimate of drug-likeness (QED) is 0.845. The molecule has 18 heavy (non-hydrogen) atoms. The molecule has 2 N–H and O–H groups in total. The predicted octanol–water partition coefficient (Wildman–Crippen LogP) is 1.44. The second-order valence-electron chi connectivity index (χ2n) is 4.52. The van der Waals surface area contributed by atoms with Crippen molar-refractivity contribution < 1.29 is 4.79 Å². The third kappa shape index (κ3) is 4.70. The van der Waals surface area contributed by atoms with Crippen molar-refractivity contribution in [2.45, 2.75) is 18.9 Å². The van der Waals surface area contributed by atoms with E-state index in [2.05, 4.69) is 22.8 Å². The molecule has 1 aliphatic heterocycles. The highest BCUT2D eigenvalue weighted by atomic mass is 32.2. The van der Waals surface area contributed by atoms with E-state index in [1.165, 1.54) is 5.56 Å². The molecule has 0 radical (unpaired) electrons. The zero-order chi connectivity index (χ0) is 12.6. The molecular formula is C14H20N2OS. The van der Waals surface area contributed by atoms with Crippen LogP contribution >= 0.6 is 11.8 Å². The maximum atomic E-state index is 11.7. The largest absolute Gasteiger partial charge is 0.356 e. The van der Waals surface area contributed by atoms with Crippen molar-refractivity contribution in [1.82, 2.24) is 10.6 Å². The number of carbonyl (C=O) groups excluding carboxylic acids is 1. The molecule has 3 nitrogen and oxygen atoms in total. The van der Waals surface area contributed by atoms with E-state index < -0.39 is 0 Å². The first-order valence-corrected chi connectivity index (χ1v) is 7.62. The molecule has 0 saturated carbocycles. The van der Waals surface area contributed by atoms with Gasteiger partial charge in [-0.3, -0.25) is 4.79 Å². The Bertz CT molecular complexity index is 363. The molecule has 4 heteroatoms. The van der Waals surface area contributed by atoms with Crippen LogP contribution in [-0.4, -0.2) is 36.5 Å². The molecule has 0 spiro atoms. The fourth-order valence-electron chi connectivity index (χ4n) is 2.04. The molecule has 1 atom stereocenters. The van der Waals surface area contributed by atoms with E-state index in [1.807, 2.05) is 30.0 Å². The van der Waals surface area contributed by atoms with Crippen molar-refractivity contribution in [3.8, 4) is 0 Å². The van der Waals surface area contributed by atoms with Gasteiger partial charge in [0, 0.05) is 37.1 Å². The molecule has 1 fully saturated rings. The Morgan fingerprint density at radius 3 is 2.94 bits per heavy atom. The first-order chi connectivity index (χ1) is 8.84. The summed E-state index contributed by atoms with van der Waals surface area (Å²) >= 11 is 1.92. The summed E-state index contributed by atoms with van der Waals surface area (Å²) in [6.07, 6.45) is 1.50. The normalized spacial score (nSPS) is 19.4. The molecule has 1 heterocycles. The second-order valence-corrected chi connectivity index (χ2v) is 5.67. The van der Waals surface area contributed by atoms with Crippen LogP contribution in [0.5, 0.6) is 0 Å². The number of hydrogen-bond donors (Lipinski definition) is 2. The summed E-state index contributed by atoms with van der Waals surface area (Å²) < 4.78 is 0. The van der Waals surface area contributed by atoms with Gasteiger partial charge in [-0.2, -0.15) is 11.8 Å². The van der Waals surface area contributed by atoms with Gasteiger partial charge in [0.05, 0.1) is 0 Å². The molecule has 1 amide bonds. The van der Waals surface area contributed by atoms with Crippen molar-refractivity contribution in [1.29, 1.82) is 0 Å². The Morgan fingerprint density at radius 1 is 1.39 bits per heavy atom. The Kier molecular flexibility index (Phi) is 5.55. The molecule has 0 aliphatic carbocycles. The van der Waals surface area contributed by atoms with Gasteiger partial charge in [-0.05, 0) is 12.0 Å². The lowest BCUT2D eigenvalue weighted by molar-refractivity contribution is -0.121. The van der Waals surface area contributed by atoms with Crippen LogP contribution in [0.3, 0.4) is 0 Å². The van der Waals surface area contributed by atoms with Crippen molar-refractivity contribution in [2.24, 2.45) is 0 Å². The average Bonchev–Trinajstić information content (AvgIpc) is 2.41. The number of hydrogen-bond acceptors (Lipinski definition) is 3. The summed E-state index contributed by atoms with van der Waals surface area (Å²) in [6.45, 7) is 1.75. The van der Waals surface area contributed by atoms with E-state index in [-0.39, 0.29) is 5.91 Å². The smallest absolute Gasteiger partial charge is 0.221 e. The molecule has 1 saturated heterocycles. The average molecular weight is 264 g/mol. The number of nitrogens with one attached hydrogen (secondary N) is 2. The van der Waals surface area contributed by atoms with E-state index in [0.29, 0.717) is 12.5 Å². The Labute approximate surface area is 113 Å².